The Balaban J connectivity index is 2.17. The van der Waals surface area contributed by atoms with Crippen LogP contribution >= 0.6 is 11.6 Å². The highest BCUT2D eigenvalue weighted by Gasteiger charge is 2.23. The summed E-state index contributed by atoms with van der Waals surface area (Å²) in [7, 11) is 1.54. The molecule has 0 aliphatic heterocycles. The van der Waals surface area contributed by atoms with Gasteiger partial charge in [-0.25, -0.2) is 9.79 Å². The lowest BCUT2D eigenvalue weighted by atomic mass is 10.0. The van der Waals surface area contributed by atoms with Crippen LogP contribution in [0.3, 0.4) is 0 Å². The lowest BCUT2D eigenvalue weighted by Gasteiger charge is -2.07. The SMILES string of the molecule is COc1c(C)c(C(=O)c2ccc(N=C(N)CCl)c(C(=O)O)c2)n2ccccc12. The van der Waals surface area contributed by atoms with Crippen LogP contribution in [0, 0.1) is 6.92 Å². The molecule has 0 atom stereocenters. The average Bonchev–Trinajstić information content (AvgIpc) is 2.98. The smallest absolute Gasteiger partial charge is 0.337 e. The van der Waals surface area contributed by atoms with Crippen LogP contribution < -0.4 is 10.5 Å². The first-order valence-corrected chi connectivity index (χ1v) is 8.87. The van der Waals surface area contributed by atoms with Crippen LogP contribution in [0.1, 0.15) is 32.0 Å². The predicted octanol–water partition coefficient (Wildman–Crippen LogP) is 3.41. The second-order valence-electron chi connectivity index (χ2n) is 6.07. The molecule has 7 nitrogen and oxygen atoms in total. The second kappa shape index (κ2) is 7.74. The van der Waals surface area contributed by atoms with E-state index in [9.17, 15) is 14.7 Å². The van der Waals surface area contributed by atoms with Crippen LogP contribution in [0.4, 0.5) is 5.69 Å². The molecule has 28 heavy (non-hydrogen) atoms. The number of carbonyl (C=O) groups is 2. The Morgan fingerprint density at radius 1 is 1.29 bits per heavy atom. The van der Waals surface area contributed by atoms with Crippen molar-refractivity contribution in [2.24, 2.45) is 10.7 Å². The molecule has 2 aromatic heterocycles. The molecule has 0 aliphatic carbocycles. The van der Waals surface area contributed by atoms with E-state index in [-0.39, 0.29) is 34.3 Å². The summed E-state index contributed by atoms with van der Waals surface area (Å²) in [5, 5.41) is 9.52. The molecule has 0 bridgehead atoms. The number of rotatable bonds is 6. The minimum atomic E-state index is -1.22. The Labute approximate surface area is 166 Å². The van der Waals surface area contributed by atoms with E-state index < -0.39 is 5.97 Å². The van der Waals surface area contributed by atoms with Gasteiger partial charge < -0.3 is 20.0 Å². The topological polar surface area (TPSA) is 106 Å². The van der Waals surface area contributed by atoms with Crippen molar-refractivity contribution in [3.05, 3.63) is 65.0 Å². The Morgan fingerprint density at radius 2 is 2.04 bits per heavy atom. The van der Waals surface area contributed by atoms with E-state index in [0.29, 0.717) is 17.0 Å². The second-order valence-corrected chi connectivity index (χ2v) is 6.33. The van der Waals surface area contributed by atoms with Gasteiger partial charge in [0.2, 0.25) is 5.78 Å². The van der Waals surface area contributed by atoms with Crippen molar-refractivity contribution in [1.29, 1.82) is 0 Å². The average molecular weight is 400 g/mol. The number of aromatic nitrogens is 1. The quantitative estimate of drug-likeness (QED) is 0.286. The Kier molecular flexibility index (Phi) is 5.37. The van der Waals surface area contributed by atoms with Crippen LogP contribution in [-0.2, 0) is 0 Å². The summed E-state index contributed by atoms with van der Waals surface area (Å²) in [5.41, 5.74) is 7.65. The Bertz CT molecular complexity index is 1120. The van der Waals surface area contributed by atoms with Gasteiger partial charge in [-0.1, -0.05) is 6.07 Å². The lowest BCUT2D eigenvalue weighted by molar-refractivity contribution is 0.0698. The molecule has 0 saturated heterocycles. The number of ketones is 1. The van der Waals surface area contributed by atoms with Crippen molar-refractivity contribution in [3.8, 4) is 5.75 Å². The standard InChI is InChI=1S/C20H18ClN3O4/c1-11-17(24-8-4-3-5-15(24)19(11)28-2)18(25)12-6-7-14(23-16(22)10-21)13(9-12)20(26)27/h3-9H,10H2,1-2H3,(H2,22,23)(H,26,27). The predicted molar refractivity (Wildman–Crippen MR) is 108 cm³/mol. The summed E-state index contributed by atoms with van der Waals surface area (Å²) in [6.07, 6.45) is 1.76. The van der Waals surface area contributed by atoms with E-state index in [0.717, 1.165) is 5.52 Å². The molecule has 0 amide bonds. The number of carboxylic acids is 1. The fraction of sp³-hybridized carbons (Fsp3) is 0.150. The molecule has 0 fully saturated rings. The third-order valence-corrected chi connectivity index (χ3v) is 4.61. The van der Waals surface area contributed by atoms with Crippen molar-refractivity contribution in [2.75, 3.05) is 13.0 Å². The zero-order valence-electron chi connectivity index (χ0n) is 15.3. The van der Waals surface area contributed by atoms with E-state index in [1.54, 1.807) is 30.7 Å². The van der Waals surface area contributed by atoms with Gasteiger partial charge in [-0.05, 0) is 37.3 Å². The molecular weight excluding hydrogens is 382 g/mol. The van der Waals surface area contributed by atoms with Crippen LogP contribution in [0.25, 0.3) is 5.52 Å². The molecule has 1 aromatic carbocycles. The number of methoxy groups -OCH3 is 1. The zero-order valence-corrected chi connectivity index (χ0v) is 16.0. The number of nitrogens with zero attached hydrogens (tertiary/aromatic N) is 2. The number of ether oxygens (including phenoxy) is 1. The van der Waals surface area contributed by atoms with Crippen LogP contribution in [-0.4, -0.2) is 40.1 Å². The number of fused-ring (bicyclic) bond motifs is 1. The largest absolute Gasteiger partial charge is 0.494 e. The van der Waals surface area contributed by atoms with Crippen molar-refractivity contribution in [2.45, 2.75) is 6.92 Å². The molecule has 0 unspecified atom stereocenters. The van der Waals surface area contributed by atoms with E-state index in [2.05, 4.69) is 4.99 Å². The first-order valence-electron chi connectivity index (χ1n) is 8.33. The number of nitrogens with two attached hydrogens (primary N) is 1. The first-order chi connectivity index (χ1) is 13.4. The number of hydrogen-bond donors (Lipinski definition) is 2. The van der Waals surface area contributed by atoms with E-state index in [4.69, 9.17) is 22.1 Å². The van der Waals surface area contributed by atoms with Crippen molar-refractivity contribution >= 4 is 40.4 Å². The van der Waals surface area contributed by atoms with E-state index in [1.807, 2.05) is 12.1 Å². The van der Waals surface area contributed by atoms with Gasteiger partial charge in [-0.2, -0.15) is 0 Å². The highest BCUT2D eigenvalue weighted by atomic mass is 35.5. The monoisotopic (exact) mass is 399 g/mol. The molecule has 3 N–H and O–H groups in total. The number of hydrogen-bond acceptors (Lipinski definition) is 4. The molecule has 0 spiro atoms. The van der Waals surface area contributed by atoms with E-state index >= 15 is 0 Å². The number of benzene rings is 1. The zero-order chi connectivity index (χ0) is 20.4. The number of alkyl halides is 1. The number of aliphatic imine (C=N–C) groups is 1. The summed E-state index contributed by atoms with van der Waals surface area (Å²) in [6, 6.07) is 9.75. The van der Waals surface area contributed by atoms with Crippen molar-refractivity contribution in [1.82, 2.24) is 4.40 Å². The summed E-state index contributed by atoms with van der Waals surface area (Å²) in [5.74, 6) is -0.898. The minimum absolute atomic E-state index is 0.0329. The fourth-order valence-electron chi connectivity index (χ4n) is 3.11. The summed E-state index contributed by atoms with van der Waals surface area (Å²) in [4.78, 5) is 28.9. The number of amidine groups is 1. The summed E-state index contributed by atoms with van der Waals surface area (Å²) in [6.45, 7) is 1.79. The molecular formula is C20H18ClN3O4. The first kappa shape index (κ1) is 19.4. The molecule has 0 radical (unpaired) electrons. The van der Waals surface area contributed by atoms with Gasteiger partial charge in [-0.3, -0.25) is 4.79 Å². The fourth-order valence-corrected chi connectivity index (χ4v) is 3.17. The van der Waals surface area contributed by atoms with Gasteiger partial charge in [0.15, 0.2) is 0 Å². The maximum atomic E-state index is 13.2. The van der Waals surface area contributed by atoms with E-state index in [1.165, 1.54) is 18.2 Å². The van der Waals surface area contributed by atoms with Gasteiger partial charge in [0.25, 0.3) is 0 Å². The maximum Gasteiger partial charge on any atom is 0.337 e. The molecule has 3 rings (SSSR count). The Hall–Kier alpha value is -3.32. The van der Waals surface area contributed by atoms with Crippen molar-refractivity contribution in [3.63, 3.8) is 0 Å². The summed E-state index contributed by atoms with van der Waals surface area (Å²) >= 11 is 5.61. The van der Waals surface area contributed by atoms with Gasteiger partial charge in [0.1, 0.15) is 17.3 Å². The molecule has 8 heteroatoms. The van der Waals surface area contributed by atoms with Crippen LogP contribution in [0.2, 0.25) is 0 Å². The molecule has 3 aromatic rings. The van der Waals surface area contributed by atoms with Gasteiger partial charge in [0, 0.05) is 17.3 Å². The number of aromatic carboxylic acids is 1. The van der Waals surface area contributed by atoms with Gasteiger partial charge >= 0.3 is 5.97 Å². The third-order valence-electron chi connectivity index (χ3n) is 4.34. The highest BCUT2D eigenvalue weighted by molar-refractivity contribution is 6.28. The molecule has 0 aliphatic rings. The highest BCUT2D eigenvalue weighted by Crippen LogP contribution is 2.32. The maximum absolute atomic E-state index is 13.2. The molecule has 144 valence electrons. The number of carbonyl (C=O) groups excluding carboxylic acids is 1. The Morgan fingerprint density at radius 3 is 2.68 bits per heavy atom. The van der Waals surface area contributed by atoms with Crippen LogP contribution in [0.5, 0.6) is 5.75 Å². The third kappa shape index (κ3) is 3.32. The van der Waals surface area contributed by atoms with Crippen molar-refractivity contribution < 1.29 is 19.4 Å². The van der Waals surface area contributed by atoms with Gasteiger partial charge in [0.05, 0.1) is 29.8 Å². The van der Waals surface area contributed by atoms with Crippen LogP contribution in [0.15, 0.2) is 47.6 Å². The molecule has 2 heterocycles. The number of halogens is 1. The molecule has 0 saturated carbocycles. The van der Waals surface area contributed by atoms with Gasteiger partial charge in [-0.15, -0.1) is 11.6 Å². The lowest BCUT2D eigenvalue weighted by Crippen LogP contribution is -2.13. The number of carboxylic acid groups (broad SMARTS) is 1. The number of pyridine rings is 1. The minimum Gasteiger partial charge on any atom is -0.494 e. The normalized spacial score (nSPS) is 11.6. The summed E-state index contributed by atoms with van der Waals surface area (Å²) < 4.78 is 7.18.